The second-order valence-corrected chi connectivity index (χ2v) is 6.52. The second-order valence-electron chi connectivity index (χ2n) is 6.52. The van der Waals surface area contributed by atoms with Crippen LogP contribution < -0.4 is 0 Å². The summed E-state index contributed by atoms with van der Waals surface area (Å²) in [4.78, 5) is 25.9. The first-order chi connectivity index (χ1) is 10.6. The van der Waals surface area contributed by atoms with Gasteiger partial charge in [-0.05, 0) is 68.7 Å². The van der Waals surface area contributed by atoms with E-state index >= 15 is 0 Å². The van der Waals surface area contributed by atoms with Crippen LogP contribution >= 0.6 is 0 Å². The lowest BCUT2D eigenvalue weighted by Crippen LogP contribution is -2.49. The summed E-state index contributed by atoms with van der Waals surface area (Å²) in [5.41, 5.74) is 3.35. The van der Waals surface area contributed by atoms with Crippen LogP contribution in [0, 0.1) is 5.92 Å². The van der Waals surface area contributed by atoms with Gasteiger partial charge >= 0.3 is 5.97 Å². The van der Waals surface area contributed by atoms with E-state index in [9.17, 15) is 14.7 Å². The highest BCUT2D eigenvalue weighted by Gasteiger charge is 2.35. The van der Waals surface area contributed by atoms with Gasteiger partial charge in [0, 0.05) is 18.2 Å². The van der Waals surface area contributed by atoms with E-state index in [1.807, 2.05) is 19.1 Å². The van der Waals surface area contributed by atoms with Gasteiger partial charge < -0.3 is 10.0 Å². The zero-order chi connectivity index (χ0) is 15.7. The summed E-state index contributed by atoms with van der Waals surface area (Å²) >= 11 is 0. The zero-order valence-corrected chi connectivity index (χ0v) is 13.0. The van der Waals surface area contributed by atoms with Gasteiger partial charge in [0.25, 0.3) is 5.91 Å². The minimum atomic E-state index is -0.796. The molecule has 4 heteroatoms. The van der Waals surface area contributed by atoms with E-state index in [1.165, 1.54) is 24.0 Å². The Morgan fingerprint density at radius 3 is 2.59 bits per heavy atom. The van der Waals surface area contributed by atoms with Crippen molar-refractivity contribution in [1.82, 2.24) is 4.90 Å². The van der Waals surface area contributed by atoms with Crippen molar-refractivity contribution >= 4 is 11.9 Å². The molecule has 118 valence electrons. The number of aryl methyl sites for hydroxylation is 2. The molecule has 2 atom stereocenters. The van der Waals surface area contributed by atoms with Crippen LogP contribution in [0.4, 0.5) is 0 Å². The Hall–Kier alpha value is -1.84. The first kappa shape index (κ1) is 15.1. The van der Waals surface area contributed by atoms with Crippen molar-refractivity contribution in [3.05, 3.63) is 34.9 Å². The third kappa shape index (κ3) is 2.74. The molecule has 1 aromatic rings. The minimum Gasteiger partial charge on any atom is -0.481 e. The van der Waals surface area contributed by atoms with Crippen LogP contribution in [0.2, 0.25) is 0 Å². The van der Waals surface area contributed by atoms with E-state index < -0.39 is 11.9 Å². The SMILES string of the molecule is C[C@@H]1[C@H](C(=O)O)CCCN1C(=O)c1ccc2c(c1)CCCC2. The number of carboxylic acid groups (broad SMARTS) is 1. The van der Waals surface area contributed by atoms with E-state index in [0.29, 0.717) is 18.5 Å². The predicted molar refractivity (Wildman–Crippen MR) is 83.9 cm³/mol. The summed E-state index contributed by atoms with van der Waals surface area (Å²) in [6, 6.07) is 5.76. The summed E-state index contributed by atoms with van der Waals surface area (Å²) < 4.78 is 0. The van der Waals surface area contributed by atoms with Crippen LogP contribution in [0.25, 0.3) is 0 Å². The van der Waals surface area contributed by atoms with Gasteiger partial charge in [-0.3, -0.25) is 9.59 Å². The molecule has 1 heterocycles. The summed E-state index contributed by atoms with van der Waals surface area (Å²) in [5, 5.41) is 9.30. The van der Waals surface area contributed by atoms with Gasteiger partial charge in [-0.25, -0.2) is 0 Å². The highest BCUT2D eigenvalue weighted by atomic mass is 16.4. The summed E-state index contributed by atoms with van der Waals surface area (Å²) in [5.74, 6) is -1.27. The molecule has 0 saturated carbocycles. The number of hydrogen-bond donors (Lipinski definition) is 1. The quantitative estimate of drug-likeness (QED) is 0.913. The van der Waals surface area contributed by atoms with Gasteiger partial charge in [-0.2, -0.15) is 0 Å². The molecule has 1 fully saturated rings. The molecule has 1 amide bonds. The van der Waals surface area contributed by atoms with Crippen LogP contribution in [0.15, 0.2) is 18.2 Å². The lowest BCUT2D eigenvalue weighted by atomic mass is 9.88. The number of rotatable bonds is 2. The van der Waals surface area contributed by atoms with E-state index in [1.54, 1.807) is 4.90 Å². The number of benzene rings is 1. The fourth-order valence-corrected chi connectivity index (χ4v) is 3.79. The number of hydrogen-bond acceptors (Lipinski definition) is 2. The summed E-state index contributed by atoms with van der Waals surface area (Å²) in [6.07, 6.45) is 5.98. The molecule has 1 aliphatic carbocycles. The number of fused-ring (bicyclic) bond motifs is 1. The van der Waals surface area contributed by atoms with E-state index in [-0.39, 0.29) is 11.9 Å². The molecule has 2 aliphatic rings. The molecular formula is C18H23NO3. The van der Waals surface area contributed by atoms with Crippen molar-refractivity contribution in [3.63, 3.8) is 0 Å². The fraction of sp³-hybridized carbons (Fsp3) is 0.556. The Kier molecular flexibility index (Phi) is 4.19. The first-order valence-electron chi connectivity index (χ1n) is 8.23. The maximum absolute atomic E-state index is 12.8. The number of aliphatic carboxylic acids is 1. The number of carbonyl (C=O) groups is 2. The standard InChI is InChI=1S/C18H23NO3/c1-12-16(18(21)22)7-4-10-19(12)17(20)15-9-8-13-5-2-3-6-14(13)11-15/h8-9,11-12,16H,2-7,10H2,1H3,(H,21,22)/t12-,16-/m1/s1. The Morgan fingerprint density at radius 1 is 1.14 bits per heavy atom. The van der Waals surface area contributed by atoms with Gasteiger partial charge in [-0.15, -0.1) is 0 Å². The zero-order valence-electron chi connectivity index (χ0n) is 13.0. The summed E-state index contributed by atoms with van der Waals surface area (Å²) in [7, 11) is 0. The first-order valence-corrected chi connectivity index (χ1v) is 8.23. The van der Waals surface area contributed by atoms with Crippen molar-refractivity contribution in [1.29, 1.82) is 0 Å². The van der Waals surface area contributed by atoms with Gasteiger partial charge in [0.1, 0.15) is 0 Å². The highest BCUT2D eigenvalue weighted by Crippen LogP contribution is 2.27. The lowest BCUT2D eigenvalue weighted by molar-refractivity contribution is -0.144. The van der Waals surface area contributed by atoms with Crippen molar-refractivity contribution in [3.8, 4) is 0 Å². The van der Waals surface area contributed by atoms with Crippen molar-refractivity contribution in [2.75, 3.05) is 6.54 Å². The Bertz CT molecular complexity index is 596. The number of nitrogens with zero attached hydrogens (tertiary/aromatic N) is 1. The van der Waals surface area contributed by atoms with Crippen molar-refractivity contribution in [2.24, 2.45) is 5.92 Å². The molecular weight excluding hydrogens is 278 g/mol. The van der Waals surface area contributed by atoms with E-state index in [4.69, 9.17) is 0 Å². The van der Waals surface area contributed by atoms with Crippen LogP contribution in [0.3, 0.4) is 0 Å². The van der Waals surface area contributed by atoms with Gasteiger partial charge in [0.05, 0.1) is 5.92 Å². The third-order valence-corrected chi connectivity index (χ3v) is 5.16. The smallest absolute Gasteiger partial charge is 0.308 e. The van der Waals surface area contributed by atoms with Crippen LogP contribution in [0.1, 0.15) is 54.1 Å². The largest absolute Gasteiger partial charge is 0.481 e. The average molecular weight is 301 g/mol. The van der Waals surface area contributed by atoms with E-state index in [0.717, 1.165) is 19.3 Å². The number of carbonyl (C=O) groups excluding carboxylic acids is 1. The average Bonchev–Trinajstić information content (AvgIpc) is 2.53. The number of likely N-dealkylation sites (tertiary alicyclic amines) is 1. The topological polar surface area (TPSA) is 57.6 Å². The molecule has 22 heavy (non-hydrogen) atoms. The molecule has 0 unspecified atom stereocenters. The van der Waals surface area contributed by atoms with Crippen LogP contribution in [0.5, 0.6) is 0 Å². The van der Waals surface area contributed by atoms with Crippen molar-refractivity contribution < 1.29 is 14.7 Å². The molecule has 0 radical (unpaired) electrons. The molecule has 0 aromatic heterocycles. The number of carboxylic acids is 1. The minimum absolute atomic E-state index is 0.0215. The fourth-order valence-electron chi connectivity index (χ4n) is 3.79. The molecule has 3 rings (SSSR count). The Morgan fingerprint density at radius 2 is 1.86 bits per heavy atom. The second kappa shape index (κ2) is 6.11. The predicted octanol–water partition coefficient (Wildman–Crippen LogP) is 2.89. The Balaban J connectivity index is 1.82. The highest BCUT2D eigenvalue weighted by molar-refractivity contribution is 5.95. The third-order valence-electron chi connectivity index (χ3n) is 5.16. The van der Waals surface area contributed by atoms with E-state index in [2.05, 4.69) is 6.07 Å². The Labute approximate surface area is 131 Å². The molecule has 1 aromatic carbocycles. The molecule has 1 saturated heterocycles. The maximum Gasteiger partial charge on any atom is 0.308 e. The van der Waals surface area contributed by atoms with Gasteiger partial charge in [0.15, 0.2) is 0 Å². The van der Waals surface area contributed by atoms with Crippen molar-refractivity contribution in [2.45, 2.75) is 51.5 Å². The lowest BCUT2D eigenvalue weighted by Gasteiger charge is -2.37. The van der Waals surface area contributed by atoms with Gasteiger partial charge in [-0.1, -0.05) is 6.07 Å². The monoisotopic (exact) mass is 301 g/mol. The number of amides is 1. The molecule has 1 N–H and O–H groups in total. The molecule has 4 nitrogen and oxygen atoms in total. The summed E-state index contributed by atoms with van der Waals surface area (Å²) in [6.45, 7) is 2.51. The van der Waals surface area contributed by atoms with Crippen LogP contribution in [-0.2, 0) is 17.6 Å². The van der Waals surface area contributed by atoms with Crippen LogP contribution in [-0.4, -0.2) is 34.5 Å². The molecule has 0 bridgehead atoms. The molecule has 1 aliphatic heterocycles. The number of piperidine rings is 1. The maximum atomic E-state index is 12.8. The molecule has 0 spiro atoms. The normalized spacial score (nSPS) is 24.7. The van der Waals surface area contributed by atoms with Gasteiger partial charge in [0.2, 0.25) is 0 Å².